The molecule has 6 nitrogen and oxygen atoms in total. The van der Waals surface area contributed by atoms with Crippen LogP contribution in [0.15, 0.2) is 60.8 Å². The molecule has 0 aliphatic rings. The Morgan fingerprint density at radius 3 is 2.50 bits per heavy atom. The highest BCUT2D eigenvalue weighted by Gasteiger charge is 2.21. The molecule has 10 heteroatoms. The Morgan fingerprint density at radius 2 is 1.76 bits per heavy atom. The lowest BCUT2D eigenvalue weighted by atomic mass is 9.98. The number of nitrogens with zero attached hydrogens (tertiary/aromatic N) is 2. The lowest BCUT2D eigenvalue weighted by Crippen LogP contribution is -2.14. The molecule has 0 unspecified atom stereocenters. The Bertz CT molecular complexity index is 1450. The van der Waals surface area contributed by atoms with Gasteiger partial charge in [0.25, 0.3) is 0 Å². The fourth-order valence-electron chi connectivity index (χ4n) is 3.50. The summed E-state index contributed by atoms with van der Waals surface area (Å²) in [5.74, 6) is -1.72. The number of carbonyl (C=O) groups excluding carboxylic acids is 1. The predicted octanol–water partition coefficient (Wildman–Crippen LogP) is 4.51. The van der Waals surface area contributed by atoms with Crippen molar-refractivity contribution in [1.29, 1.82) is 0 Å². The molecule has 174 valence electrons. The minimum atomic E-state index is -2.72. The van der Waals surface area contributed by atoms with E-state index in [0.29, 0.717) is 28.7 Å². The smallest absolute Gasteiger partial charge is 0.201 e. The third-order valence-corrected chi connectivity index (χ3v) is 6.00. The molecule has 4 rings (SSSR count). The average Bonchev–Trinajstić information content (AvgIpc) is 2.82. The van der Waals surface area contributed by atoms with Crippen LogP contribution in [0.4, 0.5) is 8.78 Å². The van der Waals surface area contributed by atoms with Crippen LogP contribution in [0.5, 0.6) is 0 Å². The van der Waals surface area contributed by atoms with Gasteiger partial charge in [0.1, 0.15) is 11.6 Å². The van der Waals surface area contributed by atoms with Crippen molar-refractivity contribution < 1.29 is 22.0 Å². The van der Waals surface area contributed by atoms with E-state index in [1.165, 1.54) is 36.4 Å². The number of ketones is 1. The van der Waals surface area contributed by atoms with Crippen LogP contribution in [0.1, 0.15) is 27.9 Å². The summed E-state index contributed by atoms with van der Waals surface area (Å²) in [7, 11) is -2.72. The van der Waals surface area contributed by atoms with Crippen LogP contribution in [-0.2, 0) is 17.3 Å². The van der Waals surface area contributed by atoms with Crippen molar-refractivity contribution in [3.05, 3.63) is 94.1 Å². The number of thiol groups is 1. The van der Waals surface area contributed by atoms with E-state index < -0.39 is 22.5 Å². The molecule has 0 aliphatic heterocycles. The number of fused-ring (bicyclic) bond motifs is 1. The molecule has 1 heterocycles. The maximum absolute atomic E-state index is 15.2. The minimum Gasteiger partial charge on any atom is -0.288 e. The fraction of sp³-hybridized carbons (Fsp3) is 0.125. The number of benzene rings is 3. The summed E-state index contributed by atoms with van der Waals surface area (Å²) in [4.78, 5) is 22.0. The van der Waals surface area contributed by atoms with Gasteiger partial charge in [0.05, 0.1) is 33.5 Å². The Balaban J connectivity index is 1.65. The van der Waals surface area contributed by atoms with Crippen molar-refractivity contribution in [2.24, 2.45) is 0 Å². The highest BCUT2D eigenvalue weighted by atomic mass is 35.5. The van der Waals surface area contributed by atoms with Crippen LogP contribution < -0.4 is 4.72 Å². The maximum Gasteiger partial charge on any atom is 0.201 e. The van der Waals surface area contributed by atoms with Crippen LogP contribution in [-0.4, -0.2) is 30.7 Å². The Kier molecular flexibility index (Phi) is 7.26. The van der Waals surface area contributed by atoms with E-state index in [4.69, 9.17) is 11.6 Å². The lowest BCUT2D eigenvalue weighted by Gasteiger charge is -2.11. The van der Waals surface area contributed by atoms with Gasteiger partial charge >= 0.3 is 0 Å². The Labute approximate surface area is 200 Å². The van der Waals surface area contributed by atoms with Gasteiger partial charge < -0.3 is 0 Å². The van der Waals surface area contributed by atoms with Crippen LogP contribution in [0, 0.1) is 11.6 Å². The standard InChI is InChI=1S/C24H18ClF2N3O3S/c25-18-9-5-15(2-1-11-29-34(32)33)23(27)22(18)24(31)16-6-10-19-20(12-16)30-21(13-28-19)14-3-7-17(26)8-4-14/h3-10,12-13,34H,1-2,11H2,(H,29,32,33). The zero-order chi connectivity index (χ0) is 24.2. The maximum atomic E-state index is 15.2. The van der Waals surface area contributed by atoms with Crippen molar-refractivity contribution in [3.8, 4) is 11.3 Å². The van der Waals surface area contributed by atoms with E-state index >= 15 is 4.39 Å². The second-order valence-electron chi connectivity index (χ2n) is 7.46. The number of rotatable bonds is 8. The molecule has 0 saturated carbocycles. The molecule has 0 bridgehead atoms. The molecule has 0 atom stereocenters. The van der Waals surface area contributed by atoms with Crippen molar-refractivity contribution in [1.82, 2.24) is 14.7 Å². The van der Waals surface area contributed by atoms with Gasteiger partial charge in [-0.3, -0.25) is 9.78 Å². The van der Waals surface area contributed by atoms with Crippen LogP contribution in [0.25, 0.3) is 22.3 Å². The normalized spacial score (nSPS) is 11.3. The summed E-state index contributed by atoms with van der Waals surface area (Å²) in [5, 5.41) is -0.0294. The Morgan fingerprint density at radius 1 is 1.00 bits per heavy atom. The van der Waals surface area contributed by atoms with Crippen molar-refractivity contribution in [2.75, 3.05) is 6.54 Å². The highest BCUT2D eigenvalue weighted by molar-refractivity contribution is 7.70. The van der Waals surface area contributed by atoms with Crippen LogP contribution >= 0.6 is 11.6 Å². The summed E-state index contributed by atoms with van der Waals surface area (Å²) in [6.45, 7) is 0.157. The summed E-state index contributed by atoms with van der Waals surface area (Å²) in [6, 6.07) is 13.3. The molecule has 3 aromatic carbocycles. The second-order valence-corrected chi connectivity index (χ2v) is 8.70. The third-order valence-electron chi connectivity index (χ3n) is 5.21. The molecular formula is C24H18ClF2N3O3S. The van der Waals surface area contributed by atoms with Gasteiger partial charge in [0.15, 0.2) is 5.78 Å². The number of halogens is 3. The number of hydrogen-bond donors (Lipinski definition) is 2. The number of hydrogen-bond acceptors (Lipinski definition) is 5. The zero-order valence-corrected chi connectivity index (χ0v) is 19.2. The van der Waals surface area contributed by atoms with Crippen molar-refractivity contribution in [3.63, 3.8) is 0 Å². The molecule has 0 fully saturated rings. The molecule has 0 aliphatic carbocycles. The first-order valence-electron chi connectivity index (χ1n) is 10.3. The lowest BCUT2D eigenvalue weighted by molar-refractivity contribution is 0.103. The predicted molar refractivity (Wildman–Crippen MR) is 126 cm³/mol. The van der Waals surface area contributed by atoms with Gasteiger partial charge in [-0.05, 0) is 66.9 Å². The summed E-state index contributed by atoms with van der Waals surface area (Å²) in [6.07, 6.45) is 2.13. The molecule has 0 saturated heterocycles. The zero-order valence-electron chi connectivity index (χ0n) is 17.6. The van der Waals surface area contributed by atoms with E-state index in [0.717, 1.165) is 0 Å². The van der Waals surface area contributed by atoms with E-state index in [-0.39, 0.29) is 40.5 Å². The van der Waals surface area contributed by atoms with Gasteiger partial charge in [0.2, 0.25) is 10.9 Å². The van der Waals surface area contributed by atoms with Gasteiger partial charge in [0, 0.05) is 17.7 Å². The van der Waals surface area contributed by atoms with Gasteiger partial charge in [-0.25, -0.2) is 26.9 Å². The van der Waals surface area contributed by atoms with Crippen molar-refractivity contribution in [2.45, 2.75) is 12.8 Å². The van der Waals surface area contributed by atoms with Gasteiger partial charge in [-0.15, -0.1) is 0 Å². The average molecular weight is 502 g/mol. The second kappa shape index (κ2) is 10.3. The number of nitrogens with one attached hydrogen (secondary N) is 1. The summed E-state index contributed by atoms with van der Waals surface area (Å²) < 4.78 is 51.9. The largest absolute Gasteiger partial charge is 0.288 e. The topological polar surface area (TPSA) is 89.0 Å². The SMILES string of the molecule is O=C(c1ccc2ncc(-c3ccc(F)cc3)nc2c1)c1c(Cl)ccc(CCCN[SH](=O)=O)c1F. The number of aromatic nitrogens is 2. The fourth-order valence-corrected chi connectivity index (χ4v) is 4.08. The van der Waals surface area contributed by atoms with E-state index in [9.17, 15) is 17.6 Å². The molecule has 0 spiro atoms. The number of carbonyl (C=O) groups is 1. The molecule has 4 aromatic rings. The molecular weight excluding hydrogens is 484 g/mol. The molecule has 1 N–H and O–H groups in total. The van der Waals surface area contributed by atoms with Gasteiger partial charge in [-0.1, -0.05) is 17.7 Å². The van der Waals surface area contributed by atoms with E-state index in [2.05, 4.69) is 14.7 Å². The van der Waals surface area contributed by atoms with Crippen LogP contribution in [0.2, 0.25) is 5.02 Å². The summed E-state index contributed by atoms with van der Waals surface area (Å²) in [5.41, 5.74) is 2.28. The Hall–Kier alpha value is -3.27. The molecule has 0 amide bonds. The van der Waals surface area contributed by atoms with E-state index in [1.54, 1.807) is 24.4 Å². The quantitative estimate of drug-likeness (QED) is 0.211. The van der Waals surface area contributed by atoms with Crippen LogP contribution in [0.3, 0.4) is 0 Å². The molecule has 1 aromatic heterocycles. The monoisotopic (exact) mass is 501 g/mol. The minimum absolute atomic E-state index is 0.0294. The highest BCUT2D eigenvalue weighted by Crippen LogP contribution is 2.27. The van der Waals surface area contributed by atoms with Crippen molar-refractivity contribution >= 4 is 39.3 Å². The first-order valence-corrected chi connectivity index (χ1v) is 11.8. The van der Waals surface area contributed by atoms with Gasteiger partial charge in [-0.2, -0.15) is 0 Å². The molecule has 0 radical (unpaired) electrons. The summed E-state index contributed by atoms with van der Waals surface area (Å²) >= 11 is 6.17. The first kappa shape index (κ1) is 23.9. The molecule has 34 heavy (non-hydrogen) atoms. The third kappa shape index (κ3) is 5.27. The number of aryl methyl sites for hydroxylation is 1. The first-order chi connectivity index (χ1) is 16.3. The van der Waals surface area contributed by atoms with E-state index in [1.807, 2.05) is 0 Å².